The molecule has 4 nitrogen and oxygen atoms in total. The van der Waals surface area contributed by atoms with Gasteiger partial charge in [0.1, 0.15) is 0 Å². The smallest absolute Gasteiger partial charge is 0.218 e. The molecule has 1 saturated heterocycles. The van der Waals surface area contributed by atoms with Crippen molar-refractivity contribution in [2.45, 2.75) is 25.3 Å². The summed E-state index contributed by atoms with van der Waals surface area (Å²) >= 11 is 0. The summed E-state index contributed by atoms with van der Waals surface area (Å²) in [5.41, 5.74) is 5.12. The minimum Gasteiger partial charge on any atom is -0.370 e. The van der Waals surface area contributed by atoms with Gasteiger partial charge in [0, 0.05) is 45.2 Å². The van der Waals surface area contributed by atoms with E-state index in [-0.39, 0.29) is 5.91 Å². The SMILES string of the molecule is NC(=O)CCN1CCN(C2CC2)CC1. The Hall–Kier alpha value is -0.610. The molecule has 0 radical (unpaired) electrons. The van der Waals surface area contributed by atoms with Gasteiger partial charge in [0.05, 0.1) is 0 Å². The Balaban J connectivity index is 1.64. The molecule has 0 atom stereocenters. The van der Waals surface area contributed by atoms with E-state index in [2.05, 4.69) is 9.80 Å². The van der Waals surface area contributed by atoms with Gasteiger partial charge in [0.15, 0.2) is 0 Å². The number of amides is 1. The zero-order valence-corrected chi connectivity index (χ0v) is 8.61. The van der Waals surface area contributed by atoms with Gasteiger partial charge in [-0.1, -0.05) is 0 Å². The molecule has 1 aliphatic carbocycles. The standard InChI is InChI=1S/C10H19N3O/c11-10(14)3-4-12-5-7-13(8-6-12)9-1-2-9/h9H,1-8H2,(H2,11,14). The van der Waals surface area contributed by atoms with E-state index in [1.54, 1.807) is 0 Å². The number of hydrogen-bond acceptors (Lipinski definition) is 3. The highest BCUT2D eigenvalue weighted by Crippen LogP contribution is 2.27. The third-order valence-corrected chi connectivity index (χ3v) is 3.14. The topological polar surface area (TPSA) is 49.6 Å². The van der Waals surface area contributed by atoms with Crippen LogP contribution in [0, 0.1) is 0 Å². The van der Waals surface area contributed by atoms with E-state index < -0.39 is 0 Å². The van der Waals surface area contributed by atoms with Gasteiger partial charge in [-0.25, -0.2) is 0 Å². The summed E-state index contributed by atoms with van der Waals surface area (Å²) in [6.07, 6.45) is 3.28. The lowest BCUT2D eigenvalue weighted by atomic mass is 10.3. The Kier molecular flexibility index (Phi) is 3.03. The first-order chi connectivity index (χ1) is 6.75. The highest BCUT2D eigenvalue weighted by atomic mass is 16.1. The average Bonchev–Trinajstić information content (AvgIpc) is 2.99. The van der Waals surface area contributed by atoms with Crippen LogP contribution in [0.1, 0.15) is 19.3 Å². The van der Waals surface area contributed by atoms with Crippen LogP contribution < -0.4 is 5.73 Å². The van der Waals surface area contributed by atoms with Crippen molar-refractivity contribution in [2.24, 2.45) is 5.73 Å². The number of piperazine rings is 1. The quantitative estimate of drug-likeness (QED) is 0.669. The molecule has 1 aliphatic heterocycles. The fourth-order valence-electron chi connectivity index (χ4n) is 2.06. The second kappa shape index (κ2) is 4.28. The molecule has 4 heteroatoms. The number of rotatable bonds is 4. The molecule has 0 aromatic rings. The van der Waals surface area contributed by atoms with Crippen molar-refractivity contribution in [2.75, 3.05) is 32.7 Å². The van der Waals surface area contributed by atoms with Crippen molar-refractivity contribution >= 4 is 5.91 Å². The molecular formula is C10H19N3O. The van der Waals surface area contributed by atoms with Crippen molar-refractivity contribution < 1.29 is 4.79 Å². The van der Waals surface area contributed by atoms with Crippen LogP contribution in [-0.4, -0.2) is 54.5 Å². The lowest BCUT2D eigenvalue weighted by Gasteiger charge is -2.34. The van der Waals surface area contributed by atoms with E-state index in [0.29, 0.717) is 6.42 Å². The third-order valence-electron chi connectivity index (χ3n) is 3.14. The molecule has 0 spiro atoms. The molecule has 2 N–H and O–H groups in total. The molecule has 2 aliphatic rings. The Labute approximate surface area is 85.0 Å². The van der Waals surface area contributed by atoms with Gasteiger partial charge < -0.3 is 10.6 Å². The maximum Gasteiger partial charge on any atom is 0.218 e. The Morgan fingerprint density at radius 1 is 1.21 bits per heavy atom. The van der Waals surface area contributed by atoms with Gasteiger partial charge in [-0.3, -0.25) is 9.69 Å². The van der Waals surface area contributed by atoms with Crippen molar-refractivity contribution in [3.05, 3.63) is 0 Å². The molecule has 0 aromatic heterocycles. The van der Waals surface area contributed by atoms with E-state index in [9.17, 15) is 4.79 Å². The highest BCUT2D eigenvalue weighted by molar-refractivity contribution is 5.73. The number of nitrogens with two attached hydrogens (primary N) is 1. The predicted molar refractivity (Wildman–Crippen MR) is 54.8 cm³/mol. The second-order valence-corrected chi connectivity index (χ2v) is 4.33. The first kappa shape index (κ1) is 9.93. The monoisotopic (exact) mass is 197 g/mol. The van der Waals surface area contributed by atoms with Crippen LogP contribution in [0.2, 0.25) is 0 Å². The van der Waals surface area contributed by atoms with Crippen molar-refractivity contribution in [3.8, 4) is 0 Å². The van der Waals surface area contributed by atoms with Crippen molar-refractivity contribution in [3.63, 3.8) is 0 Å². The maximum atomic E-state index is 10.6. The molecule has 14 heavy (non-hydrogen) atoms. The summed E-state index contributed by atoms with van der Waals surface area (Å²) in [7, 11) is 0. The molecule has 2 fully saturated rings. The molecule has 0 bridgehead atoms. The van der Waals surface area contributed by atoms with E-state index in [4.69, 9.17) is 5.73 Å². The first-order valence-electron chi connectivity index (χ1n) is 5.50. The minimum absolute atomic E-state index is 0.186. The fourth-order valence-corrected chi connectivity index (χ4v) is 2.06. The predicted octanol–water partition coefficient (Wildman–Crippen LogP) is -0.358. The Morgan fingerprint density at radius 3 is 2.36 bits per heavy atom. The first-order valence-corrected chi connectivity index (χ1v) is 5.50. The minimum atomic E-state index is -0.186. The molecule has 80 valence electrons. The van der Waals surface area contributed by atoms with Gasteiger partial charge in [-0.05, 0) is 12.8 Å². The zero-order chi connectivity index (χ0) is 9.97. The lowest BCUT2D eigenvalue weighted by Crippen LogP contribution is -2.47. The average molecular weight is 197 g/mol. The van der Waals surface area contributed by atoms with Crippen LogP contribution in [0.15, 0.2) is 0 Å². The van der Waals surface area contributed by atoms with E-state index >= 15 is 0 Å². The van der Waals surface area contributed by atoms with Crippen LogP contribution in [0.4, 0.5) is 0 Å². The summed E-state index contributed by atoms with van der Waals surface area (Å²) in [5, 5.41) is 0. The third kappa shape index (κ3) is 2.69. The number of hydrogen-bond donors (Lipinski definition) is 1. The molecule has 1 amide bonds. The Bertz CT molecular complexity index is 207. The number of primary amides is 1. The molecule has 1 heterocycles. The van der Waals surface area contributed by atoms with Crippen LogP contribution in [0.25, 0.3) is 0 Å². The number of carbonyl (C=O) groups excluding carboxylic acids is 1. The Morgan fingerprint density at radius 2 is 1.86 bits per heavy atom. The molecule has 2 rings (SSSR count). The highest BCUT2D eigenvalue weighted by Gasteiger charge is 2.30. The molecule has 1 saturated carbocycles. The number of nitrogens with zero attached hydrogens (tertiary/aromatic N) is 2. The van der Waals surface area contributed by atoms with Crippen LogP contribution in [-0.2, 0) is 4.79 Å². The summed E-state index contributed by atoms with van der Waals surface area (Å²) in [5.74, 6) is -0.186. The second-order valence-electron chi connectivity index (χ2n) is 4.33. The summed E-state index contributed by atoms with van der Waals surface area (Å²) in [4.78, 5) is 15.5. The van der Waals surface area contributed by atoms with E-state index in [0.717, 1.165) is 25.7 Å². The van der Waals surface area contributed by atoms with Gasteiger partial charge >= 0.3 is 0 Å². The summed E-state index contributed by atoms with van der Waals surface area (Å²) < 4.78 is 0. The lowest BCUT2D eigenvalue weighted by molar-refractivity contribution is -0.118. The largest absolute Gasteiger partial charge is 0.370 e. The summed E-state index contributed by atoms with van der Waals surface area (Å²) in [6, 6.07) is 0.883. The normalized spacial score (nSPS) is 25.1. The zero-order valence-electron chi connectivity index (χ0n) is 8.61. The molecule has 0 unspecified atom stereocenters. The van der Waals surface area contributed by atoms with Gasteiger partial charge in [0.2, 0.25) is 5.91 Å². The van der Waals surface area contributed by atoms with E-state index in [1.807, 2.05) is 0 Å². The van der Waals surface area contributed by atoms with Crippen LogP contribution in [0.3, 0.4) is 0 Å². The van der Waals surface area contributed by atoms with Crippen LogP contribution in [0.5, 0.6) is 0 Å². The van der Waals surface area contributed by atoms with Gasteiger partial charge in [-0.15, -0.1) is 0 Å². The van der Waals surface area contributed by atoms with Crippen molar-refractivity contribution in [1.29, 1.82) is 0 Å². The van der Waals surface area contributed by atoms with Crippen molar-refractivity contribution in [1.82, 2.24) is 9.80 Å². The van der Waals surface area contributed by atoms with Crippen LogP contribution >= 0.6 is 0 Å². The van der Waals surface area contributed by atoms with E-state index in [1.165, 1.54) is 25.9 Å². The molecular weight excluding hydrogens is 178 g/mol. The van der Waals surface area contributed by atoms with Gasteiger partial charge in [0.25, 0.3) is 0 Å². The number of carbonyl (C=O) groups is 1. The van der Waals surface area contributed by atoms with Gasteiger partial charge in [-0.2, -0.15) is 0 Å². The summed E-state index contributed by atoms with van der Waals surface area (Å²) in [6.45, 7) is 5.38. The maximum absolute atomic E-state index is 10.6. The molecule has 0 aromatic carbocycles. The fraction of sp³-hybridized carbons (Fsp3) is 0.900.